The average molecular weight is 247 g/mol. The van der Waals surface area contributed by atoms with Crippen LogP contribution in [0.5, 0.6) is 0 Å². The summed E-state index contributed by atoms with van der Waals surface area (Å²) in [7, 11) is 0. The van der Waals surface area contributed by atoms with E-state index in [1.807, 2.05) is 0 Å². The van der Waals surface area contributed by atoms with E-state index in [9.17, 15) is 4.39 Å². The number of benzene rings is 1. The van der Waals surface area contributed by atoms with Gasteiger partial charge in [-0.1, -0.05) is 12.8 Å². The first-order valence-electron chi connectivity index (χ1n) is 6.13. The third kappa shape index (κ3) is 1.96. The fraction of sp³-hybridized carbons (Fsp3) is 0.385. The summed E-state index contributed by atoms with van der Waals surface area (Å²) in [5.74, 6) is 1.04. The van der Waals surface area contributed by atoms with Gasteiger partial charge < -0.3 is 10.2 Å². The molecule has 2 N–H and O–H groups in total. The lowest BCUT2D eigenvalue weighted by atomic mass is 10.1. The van der Waals surface area contributed by atoms with Crippen LogP contribution < -0.4 is 5.73 Å². The molecule has 0 saturated heterocycles. The van der Waals surface area contributed by atoms with E-state index in [1.165, 1.54) is 25.0 Å². The molecule has 3 rings (SSSR count). The summed E-state index contributed by atoms with van der Waals surface area (Å²) in [6.07, 6.45) is 4.61. The van der Waals surface area contributed by atoms with Crippen molar-refractivity contribution in [3.63, 3.8) is 0 Å². The molecular formula is C13H14FN3O. The Morgan fingerprint density at radius 1 is 1.22 bits per heavy atom. The Kier molecular flexibility index (Phi) is 2.74. The summed E-state index contributed by atoms with van der Waals surface area (Å²) in [5, 5.41) is 8.07. The van der Waals surface area contributed by atoms with E-state index in [-0.39, 0.29) is 5.82 Å². The standard InChI is InChI=1S/C13H14FN3O/c14-9-5-6-10(11(15)7-9)13-17-16-12(18-13)8-3-1-2-4-8/h5-8H,1-4,15H2. The summed E-state index contributed by atoms with van der Waals surface area (Å²) in [4.78, 5) is 0. The number of hydrogen-bond donors (Lipinski definition) is 1. The Balaban J connectivity index is 1.92. The van der Waals surface area contributed by atoms with Gasteiger partial charge in [0.05, 0.1) is 5.56 Å². The maximum atomic E-state index is 13.0. The molecule has 1 aromatic carbocycles. The van der Waals surface area contributed by atoms with E-state index in [0.717, 1.165) is 12.8 Å². The number of nitrogen functional groups attached to an aromatic ring is 1. The largest absolute Gasteiger partial charge is 0.420 e. The van der Waals surface area contributed by atoms with Gasteiger partial charge in [0.2, 0.25) is 11.8 Å². The Labute approximate surface area is 104 Å². The SMILES string of the molecule is Nc1cc(F)ccc1-c1nnc(C2CCCC2)o1. The second-order valence-corrected chi connectivity index (χ2v) is 4.66. The molecule has 0 amide bonds. The fourth-order valence-electron chi connectivity index (χ4n) is 2.41. The van der Waals surface area contributed by atoms with Gasteiger partial charge >= 0.3 is 0 Å². The molecule has 1 saturated carbocycles. The van der Waals surface area contributed by atoms with Crippen molar-refractivity contribution in [3.05, 3.63) is 29.9 Å². The quantitative estimate of drug-likeness (QED) is 0.828. The van der Waals surface area contributed by atoms with E-state index >= 15 is 0 Å². The molecule has 5 heteroatoms. The van der Waals surface area contributed by atoms with Gasteiger partial charge in [-0.3, -0.25) is 0 Å². The monoisotopic (exact) mass is 247 g/mol. The van der Waals surface area contributed by atoms with E-state index in [2.05, 4.69) is 10.2 Å². The predicted molar refractivity (Wildman–Crippen MR) is 65.3 cm³/mol. The minimum atomic E-state index is -0.369. The maximum Gasteiger partial charge on any atom is 0.249 e. The lowest BCUT2D eigenvalue weighted by Gasteiger charge is -2.02. The first-order chi connectivity index (χ1) is 8.74. The zero-order valence-electron chi connectivity index (χ0n) is 9.90. The van der Waals surface area contributed by atoms with Crippen LogP contribution in [0.3, 0.4) is 0 Å². The summed E-state index contributed by atoms with van der Waals surface area (Å²) in [5.41, 5.74) is 6.66. The minimum absolute atomic E-state index is 0.316. The van der Waals surface area contributed by atoms with Gasteiger partial charge in [0.15, 0.2) is 0 Å². The van der Waals surface area contributed by atoms with Crippen LogP contribution >= 0.6 is 0 Å². The number of aromatic nitrogens is 2. The fourth-order valence-corrected chi connectivity index (χ4v) is 2.41. The van der Waals surface area contributed by atoms with Crippen LogP contribution in [0.4, 0.5) is 10.1 Å². The molecule has 1 fully saturated rings. The number of halogens is 1. The summed E-state index contributed by atoms with van der Waals surface area (Å²) in [6, 6.07) is 4.16. The molecule has 18 heavy (non-hydrogen) atoms. The Hall–Kier alpha value is -1.91. The molecule has 0 unspecified atom stereocenters. The zero-order valence-corrected chi connectivity index (χ0v) is 9.90. The number of rotatable bonds is 2. The van der Waals surface area contributed by atoms with Crippen molar-refractivity contribution in [2.75, 3.05) is 5.73 Å². The number of anilines is 1. The van der Waals surface area contributed by atoms with Crippen LogP contribution in [-0.4, -0.2) is 10.2 Å². The molecule has 0 atom stereocenters. The maximum absolute atomic E-state index is 13.0. The molecule has 0 bridgehead atoms. The van der Waals surface area contributed by atoms with Crippen LogP contribution in [-0.2, 0) is 0 Å². The van der Waals surface area contributed by atoms with Gasteiger partial charge in [-0.05, 0) is 31.0 Å². The number of hydrogen-bond acceptors (Lipinski definition) is 4. The van der Waals surface area contributed by atoms with Crippen molar-refractivity contribution < 1.29 is 8.81 Å². The molecular weight excluding hydrogens is 233 g/mol. The van der Waals surface area contributed by atoms with Crippen LogP contribution in [0.2, 0.25) is 0 Å². The first kappa shape index (κ1) is 11.2. The first-order valence-corrected chi connectivity index (χ1v) is 6.13. The third-order valence-electron chi connectivity index (χ3n) is 3.39. The van der Waals surface area contributed by atoms with E-state index < -0.39 is 0 Å². The van der Waals surface area contributed by atoms with E-state index in [4.69, 9.17) is 10.2 Å². The minimum Gasteiger partial charge on any atom is -0.420 e. The molecule has 0 aliphatic heterocycles. The lowest BCUT2D eigenvalue weighted by molar-refractivity contribution is 0.457. The average Bonchev–Trinajstić information content (AvgIpc) is 2.99. The van der Waals surface area contributed by atoms with E-state index in [0.29, 0.717) is 29.0 Å². The van der Waals surface area contributed by atoms with Crippen LogP contribution in [0.1, 0.15) is 37.5 Å². The Morgan fingerprint density at radius 2 is 2.00 bits per heavy atom. The molecule has 0 spiro atoms. The molecule has 1 aliphatic carbocycles. The highest BCUT2D eigenvalue weighted by molar-refractivity contribution is 5.69. The highest BCUT2D eigenvalue weighted by Gasteiger charge is 2.23. The summed E-state index contributed by atoms with van der Waals surface area (Å²) < 4.78 is 18.6. The molecule has 94 valence electrons. The highest BCUT2D eigenvalue weighted by Crippen LogP contribution is 2.35. The normalized spacial score (nSPS) is 16.3. The van der Waals surface area contributed by atoms with Gasteiger partial charge in [0.1, 0.15) is 5.82 Å². The zero-order chi connectivity index (χ0) is 12.5. The van der Waals surface area contributed by atoms with Crippen LogP contribution in [0, 0.1) is 5.82 Å². The molecule has 1 aromatic heterocycles. The third-order valence-corrected chi connectivity index (χ3v) is 3.39. The van der Waals surface area contributed by atoms with Gasteiger partial charge in [0, 0.05) is 11.6 Å². The van der Waals surface area contributed by atoms with Gasteiger partial charge in [-0.2, -0.15) is 0 Å². The van der Waals surface area contributed by atoms with Crippen LogP contribution in [0.15, 0.2) is 22.6 Å². The van der Waals surface area contributed by atoms with Crippen molar-refractivity contribution >= 4 is 5.69 Å². The second-order valence-electron chi connectivity index (χ2n) is 4.66. The smallest absolute Gasteiger partial charge is 0.249 e. The molecule has 1 aliphatic rings. The topological polar surface area (TPSA) is 64.9 Å². The van der Waals surface area contributed by atoms with Crippen LogP contribution in [0.25, 0.3) is 11.5 Å². The molecule has 0 radical (unpaired) electrons. The predicted octanol–water partition coefficient (Wildman–Crippen LogP) is 3.12. The molecule has 1 heterocycles. The van der Waals surface area contributed by atoms with E-state index in [1.54, 1.807) is 6.07 Å². The summed E-state index contributed by atoms with van der Waals surface area (Å²) in [6.45, 7) is 0. The Bertz CT molecular complexity index is 561. The highest BCUT2D eigenvalue weighted by atomic mass is 19.1. The lowest BCUT2D eigenvalue weighted by Crippen LogP contribution is -1.91. The van der Waals surface area contributed by atoms with Crippen molar-refractivity contribution in [1.82, 2.24) is 10.2 Å². The van der Waals surface area contributed by atoms with Crippen molar-refractivity contribution in [2.24, 2.45) is 0 Å². The van der Waals surface area contributed by atoms with Crippen molar-refractivity contribution in [1.29, 1.82) is 0 Å². The second kappa shape index (κ2) is 4.40. The van der Waals surface area contributed by atoms with Gasteiger partial charge in [0.25, 0.3) is 0 Å². The summed E-state index contributed by atoms with van der Waals surface area (Å²) >= 11 is 0. The number of nitrogens with two attached hydrogens (primary N) is 1. The van der Waals surface area contributed by atoms with Crippen molar-refractivity contribution in [3.8, 4) is 11.5 Å². The van der Waals surface area contributed by atoms with Crippen molar-refractivity contribution in [2.45, 2.75) is 31.6 Å². The Morgan fingerprint density at radius 3 is 2.72 bits per heavy atom. The molecule has 4 nitrogen and oxygen atoms in total. The van der Waals surface area contributed by atoms with Gasteiger partial charge in [-0.25, -0.2) is 4.39 Å². The van der Waals surface area contributed by atoms with Gasteiger partial charge in [-0.15, -0.1) is 10.2 Å². The molecule has 2 aromatic rings. The number of nitrogens with zero attached hydrogens (tertiary/aromatic N) is 2.